The van der Waals surface area contributed by atoms with Gasteiger partial charge in [0.15, 0.2) is 0 Å². The first kappa shape index (κ1) is 11.1. The Kier molecular flexibility index (Phi) is 3.05. The Balaban J connectivity index is 2.50. The minimum absolute atomic E-state index is 0.389. The maximum Gasteiger partial charge on any atom is 0.339 e. The molecule has 0 aliphatic rings. The molecule has 0 unspecified atom stereocenters. The van der Waals surface area contributed by atoms with E-state index in [1.807, 2.05) is 30.3 Å². The van der Waals surface area contributed by atoms with Crippen molar-refractivity contribution in [2.24, 2.45) is 0 Å². The van der Waals surface area contributed by atoms with Gasteiger partial charge < -0.3 is 10.5 Å². The molecule has 0 fully saturated rings. The second-order valence-electron chi connectivity index (χ2n) is 3.51. The summed E-state index contributed by atoms with van der Waals surface area (Å²) >= 11 is 0. The minimum Gasteiger partial charge on any atom is -0.465 e. The van der Waals surface area contributed by atoms with Crippen molar-refractivity contribution in [2.75, 3.05) is 12.8 Å². The molecule has 0 amide bonds. The van der Waals surface area contributed by atoms with Crippen molar-refractivity contribution in [2.45, 2.75) is 0 Å². The Morgan fingerprint density at radius 3 is 2.65 bits per heavy atom. The third kappa shape index (κ3) is 2.25. The Morgan fingerprint density at radius 1 is 1.29 bits per heavy atom. The number of methoxy groups -OCH3 is 1. The van der Waals surface area contributed by atoms with Crippen LogP contribution < -0.4 is 5.73 Å². The lowest BCUT2D eigenvalue weighted by Gasteiger charge is -2.06. The highest BCUT2D eigenvalue weighted by atomic mass is 16.5. The van der Waals surface area contributed by atoms with E-state index < -0.39 is 5.97 Å². The zero-order valence-electron chi connectivity index (χ0n) is 9.38. The zero-order valence-corrected chi connectivity index (χ0v) is 9.38. The molecule has 1 aromatic heterocycles. The maximum atomic E-state index is 11.4. The molecular formula is C13H12N2O2. The van der Waals surface area contributed by atoms with Gasteiger partial charge in [-0.25, -0.2) is 9.78 Å². The van der Waals surface area contributed by atoms with Crippen LogP contribution in [0.25, 0.3) is 11.1 Å². The Bertz CT molecular complexity index is 538. The van der Waals surface area contributed by atoms with Crippen LogP contribution in [0.4, 0.5) is 5.82 Å². The van der Waals surface area contributed by atoms with E-state index in [0.717, 1.165) is 11.1 Å². The van der Waals surface area contributed by atoms with Gasteiger partial charge in [0.2, 0.25) is 0 Å². The van der Waals surface area contributed by atoms with E-state index in [9.17, 15) is 4.79 Å². The summed E-state index contributed by atoms with van der Waals surface area (Å²) in [5.41, 5.74) is 7.84. The number of pyridine rings is 1. The number of aromatic nitrogens is 1. The third-order valence-corrected chi connectivity index (χ3v) is 2.42. The van der Waals surface area contributed by atoms with E-state index in [-0.39, 0.29) is 0 Å². The number of carbonyl (C=O) groups is 1. The lowest BCUT2D eigenvalue weighted by molar-refractivity contribution is 0.0600. The van der Waals surface area contributed by atoms with Crippen molar-refractivity contribution < 1.29 is 9.53 Å². The van der Waals surface area contributed by atoms with Crippen molar-refractivity contribution in [1.82, 2.24) is 4.98 Å². The van der Waals surface area contributed by atoms with E-state index in [4.69, 9.17) is 5.73 Å². The van der Waals surface area contributed by atoms with Crippen LogP contribution >= 0.6 is 0 Å². The van der Waals surface area contributed by atoms with Gasteiger partial charge in [-0.1, -0.05) is 30.3 Å². The van der Waals surface area contributed by atoms with Crippen molar-refractivity contribution >= 4 is 11.8 Å². The summed E-state index contributed by atoms with van der Waals surface area (Å²) in [7, 11) is 1.33. The number of nitrogens with two attached hydrogens (primary N) is 1. The van der Waals surface area contributed by atoms with Crippen molar-refractivity contribution in [3.05, 3.63) is 48.2 Å². The van der Waals surface area contributed by atoms with Crippen LogP contribution in [-0.2, 0) is 4.74 Å². The number of rotatable bonds is 2. The standard InChI is InChI=1S/C13H12N2O2/c1-17-13(16)10-7-11(12(14)15-8-10)9-5-3-2-4-6-9/h2-8H,1H3,(H2,14,15). The van der Waals surface area contributed by atoms with E-state index >= 15 is 0 Å². The highest BCUT2D eigenvalue weighted by Gasteiger charge is 2.10. The number of nitrogen functional groups attached to an aromatic ring is 1. The molecule has 0 radical (unpaired) electrons. The Labute approximate surface area is 99.1 Å². The molecule has 2 aromatic rings. The summed E-state index contributed by atoms with van der Waals surface area (Å²) in [6.07, 6.45) is 1.41. The molecule has 1 heterocycles. The third-order valence-electron chi connectivity index (χ3n) is 2.42. The van der Waals surface area contributed by atoms with E-state index in [1.54, 1.807) is 6.07 Å². The first-order valence-corrected chi connectivity index (χ1v) is 5.11. The lowest BCUT2D eigenvalue weighted by Crippen LogP contribution is -2.04. The molecule has 0 spiro atoms. The number of nitrogens with zero attached hydrogens (tertiary/aromatic N) is 1. The molecule has 0 saturated heterocycles. The summed E-state index contributed by atoms with van der Waals surface area (Å²) in [5, 5.41) is 0. The molecule has 86 valence electrons. The summed E-state index contributed by atoms with van der Waals surface area (Å²) in [5.74, 6) is -0.0291. The molecule has 17 heavy (non-hydrogen) atoms. The topological polar surface area (TPSA) is 65.2 Å². The zero-order chi connectivity index (χ0) is 12.3. The smallest absolute Gasteiger partial charge is 0.339 e. The van der Waals surface area contributed by atoms with Gasteiger partial charge in [-0.05, 0) is 11.6 Å². The molecule has 4 heteroatoms. The molecule has 0 atom stereocenters. The molecule has 2 N–H and O–H groups in total. The Morgan fingerprint density at radius 2 is 2.00 bits per heavy atom. The number of benzene rings is 1. The number of carbonyl (C=O) groups excluding carboxylic acids is 1. The predicted molar refractivity (Wildman–Crippen MR) is 65.4 cm³/mol. The lowest BCUT2D eigenvalue weighted by atomic mass is 10.1. The quantitative estimate of drug-likeness (QED) is 0.799. The van der Waals surface area contributed by atoms with Crippen LogP contribution in [0.1, 0.15) is 10.4 Å². The Hall–Kier alpha value is -2.36. The second-order valence-corrected chi connectivity index (χ2v) is 3.51. The normalized spacial score (nSPS) is 9.94. The minimum atomic E-state index is -0.422. The van der Waals surface area contributed by atoms with Gasteiger partial charge in [0, 0.05) is 11.8 Å². The molecule has 4 nitrogen and oxygen atoms in total. The average Bonchev–Trinajstić information content (AvgIpc) is 2.39. The first-order valence-electron chi connectivity index (χ1n) is 5.11. The molecular weight excluding hydrogens is 216 g/mol. The summed E-state index contributed by atoms with van der Waals surface area (Å²) < 4.78 is 4.65. The molecule has 0 aliphatic heterocycles. The van der Waals surface area contributed by atoms with Gasteiger partial charge >= 0.3 is 5.97 Å². The first-order chi connectivity index (χ1) is 8.22. The molecule has 0 aliphatic carbocycles. The molecule has 0 saturated carbocycles. The van der Waals surface area contributed by atoms with Crippen LogP contribution in [0.15, 0.2) is 42.6 Å². The average molecular weight is 228 g/mol. The fourth-order valence-electron chi connectivity index (χ4n) is 1.55. The fourth-order valence-corrected chi connectivity index (χ4v) is 1.55. The molecule has 1 aromatic carbocycles. The van der Waals surface area contributed by atoms with Crippen LogP contribution in [0, 0.1) is 0 Å². The molecule has 0 bridgehead atoms. The van der Waals surface area contributed by atoms with Crippen molar-refractivity contribution in [3.63, 3.8) is 0 Å². The highest BCUT2D eigenvalue weighted by molar-refractivity contribution is 5.91. The van der Waals surface area contributed by atoms with Crippen LogP contribution in [0.3, 0.4) is 0 Å². The van der Waals surface area contributed by atoms with Gasteiger partial charge in [-0.3, -0.25) is 0 Å². The van der Waals surface area contributed by atoms with Crippen LogP contribution in [0.2, 0.25) is 0 Å². The fraction of sp³-hybridized carbons (Fsp3) is 0.0769. The second kappa shape index (κ2) is 4.65. The van der Waals surface area contributed by atoms with Crippen molar-refractivity contribution in [1.29, 1.82) is 0 Å². The molecule has 2 rings (SSSR count). The highest BCUT2D eigenvalue weighted by Crippen LogP contribution is 2.24. The van der Waals surface area contributed by atoms with E-state index in [2.05, 4.69) is 9.72 Å². The predicted octanol–water partition coefficient (Wildman–Crippen LogP) is 2.12. The van der Waals surface area contributed by atoms with Gasteiger partial charge in [0.25, 0.3) is 0 Å². The number of ether oxygens (including phenoxy) is 1. The number of hydrogen-bond donors (Lipinski definition) is 1. The number of hydrogen-bond acceptors (Lipinski definition) is 4. The monoisotopic (exact) mass is 228 g/mol. The SMILES string of the molecule is COC(=O)c1cnc(N)c(-c2ccccc2)c1. The summed E-state index contributed by atoms with van der Waals surface area (Å²) in [6.45, 7) is 0. The van der Waals surface area contributed by atoms with Gasteiger partial charge in [-0.15, -0.1) is 0 Å². The number of anilines is 1. The van der Waals surface area contributed by atoms with E-state index in [0.29, 0.717) is 11.4 Å². The van der Waals surface area contributed by atoms with Gasteiger partial charge in [0.1, 0.15) is 5.82 Å². The number of esters is 1. The van der Waals surface area contributed by atoms with E-state index in [1.165, 1.54) is 13.3 Å². The largest absolute Gasteiger partial charge is 0.465 e. The van der Waals surface area contributed by atoms with Gasteiger partial charge in [-0.2, -0.15) is 0 Å². The van der Waals surface area contributed by atoms with Crippen LogP contribution in [0.5, 0.6) is 0 Å². The summed E-state index contributed by atoms with van der Waals surface area (Å²) in [4.78, 5) is 15.4. The van der Waals surface area contributed by atoms with Gasteiger partial charge in [0.05, 0.1) is 12.7 Å². The maximum absolute atomic E-state index is 11.4. The van der Waals surface area contributed by atoms with Crippen LogP contribution in [-0.4, -0.2) is 18.1 Å². The van der Waals surface area contributed by atoms with Crippen molar-refractivity contribution in [3.8, 4) is 11.1 Å². The summed E-state index contributed by atoms with van der Waals surface area (Å²) in [6, 6.07) is 11.2.